The molecule has 20 heavy (non-hydrogen) atoms. The van der Waals surface area contributed by atoms with Gasteiger partial charge in [-0.2, -0.15) is 5.26 Å². The van der Waals surface area contributed by atoms with Crippen LogP contribution < -0.4 is 14.8 Å². The zero-order chi connectivity index (χ0) is 14.4. The number of nitrogens with zero attached hydrogens (tertiary/aromatic N) is 2. The Balaban J connectivity index is 1.89. The number of carbonyl (C=O) groups excluding carboxylic acids is 1. The van der Waals surface area contributed by atoms with Crippen molar-refractivity contribution in [1.82, 2.24) is 0 Å². The van der Waals surface area contributed by atoms with Gasteiger partial charge in [-0.25, -0.2) is 0 Å². The fourth-order valence-electron chi connectivity index (χ4n) is 1.49. The summed E-state index contributed by atoms with van der Waals surface area (Å²) in [5.74, 6) is -0.332. The van der Waals surface area contributed by atoms with Crippen molar-refractivity contribution in [2.24, 2.45) is 0 Å². The van der Waals surface area contributed by atoms with E-state index in [-0.39, 0.29) is 12.5 Å². The monoisotopic (exact) mass is 269 g/mol. The SMILES string of the molecule is N#Cc1ccc(NC(=O)COc2cccc[n+]2[O-])cc1. The standard InChI is InChI=1S/C14H11N3O3/c15-9-11-4-6-12(7-5-11)16-13(18)10-20-14-3-1-2-8-17(14)19/h1-8H,10H2,(H,16,18). The number of anilines is 1. The Morgan fingerprint density at radius 3 is 2.70 bits per heavy atom. The molecule has 0 saturated carbocycles. The number of rotatable bonds is 4. The molecule has 0 aliphatic rings. The molecular weight excluding hydrogens is 258 g/mol. The molecule has 1 N–H and O–H groups in total. The first-order valence-corrected chi connectivity index (χ1v) is 5.80. The molecule has 0 fully saturated rings. The lowest BCUT2D eigenvalue weighted by Gasteiger charge is -2.07. The lowest BCUT2D eigenvalue weighted by molar-refractivity contribution is -0.612. The molecule has 0 saturated heterocycles. The molecule has 1 amide bonds. The number of ether oxygens (including phenoxy) is 1. The third-order valence-electron chi connectivity index (χ3n) is 2.44. The summed E-state index contributed by atoms with van der Waals surface area (Å²) in [7, 11) is 0. The van der Waals surface area contributed by atoms with E-state index in [0.29, 0.717) is 16.0 Å². The number of benzene rings is 1. The maximum Gasteiger partial charge on any atom is 0.379 e. The van der Waals surface area contributed by atoms with E-state index in [2.05, 4.69) is 5.32 Å². The molecule has 1 heterocycles. The van der Waals surface area contributed by atoms with Gasteiger partial charge in [-0.05, 0) is 30.3 Å². The Kier molecular flexibility index (Phi) is 4.14. The van der Waals surface area contributed by atoms with Crippen LogP contribution in [0.2, 0.25) is 0 Å². The highest BCUT2D eigenvalue weighted by Gasteiger charge is 2.08. The van der Waals surface area contributed by atoms with Crippen LogP contribution in [-0.2, 0) is 4.79 Å². The Labute approximate surface area is 115 Å². The van der Waals surface area contributed by atoms with Crippen LogP contribution in [0.1, 0.15) is 5.56 Å². The van der Waals surface area contributed by atoms with Crippen LogP contribution in [0.5, 0.6) is 5.88 Å². The van der Waals surface area contributed by atoms with Gasteiger partial charge in [-0.15, -0.1) is 4.73 Å². The van der Waals surface area contributed by atoms with E-state index in [0.717, 1.165) is 0 Å². The molecule has 0 spiro atoms. The van der Waals surface area contributed by atoms with Gasteiger partial charge >= 0.3 is 5.88 Å². The summed E-state index contributed by atoms with van der Waals surface area (Å²) in [6.07, 6.45) is 1.29. The van der Waals surface area contributed by atoms with Gasteiger partial charge in [0.25, 0.3) is 5.91 Å². The third-order valence-corrected chi connectivity index (χ3v) is 2.44. The number of nitriles is 1. The maximum absolute atomic E-state index is 11.6. The van der Waals surface area contributed by atoms with Gasteiger partial charge in [0, 0.05) is 11.8 Å². The maximum atomic E-state index is 11.6. The molecule has 2 aromatic rings. The molecule has 0 aliphatic carbocycles. The van der Waals surface area contributed by atoms with Gasteiger partial charge in [0.15, 0.2) is 12.8 Å². The Bertz CT molecular complexity index is 647. The number of carbonyl (C=O) groups is 1. The van der Waals surface area contributed by atoms with Crippen LogP contribution in [0.25, 0.3) is 0 Å². The Morgan fingerprint density at radius 1 is 1.30 bits per heavy atom. The van der Waals surface area contributed by atoms with Crippen molar-refractivity contribution in [2.45, 2.75) is 0 Å². The van der Waals surface area contributed by atoms with Crippen LogP contribution in [0.4, 0.5) is 5.69 Å². The second-order valence-corrected chi connectivity index (χ2v) is 3.89. The number of nitrogens with one attached hydrogen (secondary N) is 1. The number of hydrogen-bond acceptors (Lipinski definition) is 4. The Morgan fingerprint density at radius 2 is 2.05 bits per heavy atom. The number of hydrogen-bond donors (Lipinski definition) is 1. The molecule has 2 rings (SSSR count). The highest BCUT2D eigenvalue weighted by molar-refractivity contribution is 5.91. The summed E-state index contributed by atoms with van der Waals surface area (Å²) >= 11 is 0. The van der Waals surface area contributed by atoms with Gasteiger partial charge in [-0.1, -0.05) is 0 Å². The van der Waals surface area contributed by atoms with E-state index in [9.17, 15) is 10.0 Å². The average Bonchev–Trinajstić information content (AvgIpc) is 2.47. The van der Waals surface area contributed by atoms with E-state index in [1.165, 1.54) is 12.3 Å². The van der Waals surface area contributed by atoms with Crippen molar-refractivity contribution >= 4 is 11.6 Å². The van der Waals surface area contributed by atoms with Gasteiger partial charge < -0.3 is 15.3 Å². The average molecular weight is 269 g/mol. The zero-order valence-electron chi connectivity index (χ0n) is 10.4. The molecule has 0 atom stereocenters. The molecule has 0 radical (unpaired) electrons. The normalized spacial score (nSPS) is 9.55. The van der Waals surface area contributed by atoms with E-state index < -0.39 is 5.91 Å². The van der Waals surface area contributed by atoms with Crippen LogP contribution in [-0.4, -0.2) is 12.5 Å². The van der Waals surface area contributed by atoms with Gasteiger partial charge in [-0.3, -0.25) is 4.79 Å². The second-order valence-electron chi connectivity index (χ2n) is 3.89. The number of pyridine rings is 1. The van der Waals surface area contributed by atoms with Gasteiger partial charge in [0.1, 0.15) is 0 Å². The molecule has 0 unspecified atom stereocenters. The quantitative estimate of drug-likeness (QED) is 0.667. The fourth-order valence-corrected chi connectivity index (χ4v) is 1.49. The number of amides is 1. The van der Waals surface area contributed by atoms with E-state index in [1.807, 2.05) is 6.07 Å². The van der Waals surface area contributed by atoms with Crippen LogP contribution in [0, 0.1) is 16.5 Å². The van der Waals surface area contributed by atoms with Crippen LogP contribution >= 0.6 is 0 Å². The molecule has 1 aromatic heterocycles. The highest BCUT2D eigenvalue weighted by atomic mass is 16.6. The summed E-state index contributed by atoms with van der Waals surface area (Å²) in [5.41, 5.74) is 1.07. The molecule has 0 bridgehead atoms. The third kappa shape index (κ3) is 3.46. The fraction of sp³-hybridized carbons (Fsp3) is 0.0714. The van der Waals surface area contributed by atoms with Crippen molar-refractivity contribution in [3.05, 3.63) is 59.4 Å². The first-order chi connectivity index (χ1) is 9.69. The lowest BCUT2D eigenvalue weighted by Crippen LogP contribution is -2.30. The first kappa shape index (κ1) is 13.4. The predicted molar refractivity (Wildman–Crippen MR) is 70.7 cm³/mol. The van der Waals surface area contributed by atoms with Crippen molar-refractivity contribution in [2.75, 3.05) is 11.9 Å². The van der Waals surface area contributed by atoms with Crippen molar-refractivity contribution in [3.8, 4) is 11.9 Å². The molecule has 6 heteroatoms. The summed E-state index contributed by atoms with van der Waals surface area (Å²) < 4.78 is 5.64. The molecule has 100 valence electrons. The minimum atomic E-state index is -0.390. The van der Waals surface area contributed by atoms with Crippen molar-refractivity contribution in [1.29, 1.82) is 5.26 Å². The topological polar surface area (TPSA) is 89.1 Å². The predicted octanol–water partition coefficient (Wildman–Crippen LogP) is 1.21. The van der Waals surface area contributed by atoms with Crippen molar-refractivity contribution < 1.29 is 14.3 Å². The summed E-state index contributed by atoms with van der Waals surface area (Å²) in [5, 5.41) is 22.5. The molecule has 0 aliphatic heterocycles. The zero-order valence-corrected chi connectivity index (χ0v) is 10.4. The second kappa shape index (κ2) is 6.20. The van der Waals surface area contributed by atoms with Crippen molar-refractivity contribution in [3.63, 3.8) is 0 Å². The lowest BCUT2D eigenvalue weighted by atomic mass is 10.2. The smallest absolute Gasteiger partial charge is 0.379 e. The van der Waals surface area contributed by atoms with E-state index >= 15 is 0 Å². The van der Waals surface area contributed by atoms with Gasteiger partial charge in [0.05, 0.1) is 17.7 Å². The number of aromatic nitrogens is 1. The molecular formula is C14H11N3O3. The van der Waals surface area contributed by atoms with Crippen LogP contribution in [0.3, 0.4) is 0 Å². The van der Waals surface area contributed by atoms with E-state index in [4.69, 9.17) is 10.00 Å². The molecule has 1 aromatic carbocycles. The van der Waals surface area contributed by atoms with E-state index in [1.54, 1.807) is 36.4 Å². The largest absolute Gasteiger partial charge is 0.616 e. The molecule has 6 nitrogen and oxygen atoms in total. The minimum absolute atomic E-state index is 0.0579. The Hall–Kier alpha value is -3.07. The first-order valence-electron chi connectivity index (χ1n) is 5.80. The highest BCUT2D eigenvalue weighted by Crippen LogP contribution is 2.08. The van der Waals surface area contributed by atoms with Crippen LogP contribution in [0.15, 0.2) is 48.7 Å². The summed E-state index contributed by atoms with van der Waals surface area (Å²) in [6, 6.07) is 13.1. The van der Waals surface area contributed by atoms with Gasteiger partial charge in [0.2, 0.25) is 0 Å². The summed E-state index contributed by atoms with van der Waals surface area (Å²) in [6.45, 7) is -0.272. The summed E-state index contributed by atoms with van der Waals surface area (Å²) in [4.78, 5) is 11.6. The minimum Gasteiger partial charge on any atom is -0.616 e.